The predicted molar refractivity (Wildman–Crippen MR) is 100 cm³/mol. The van der Waals surface area contributed by atoms with Gasteiger partial charge < -0.3 is 5.32 Å². The summed E-state index contributed by atoms with van der Waals surface area (Å²) in [7, 11) is 0. The van der Waals surface area contributed by atoms with E-state index in [1.807, 2.05) is 43.3 Å². The Balaban J connectivity index is 1.77. The first-order valence-corrected chi connectivity index (χ1v) is 8.60. The highest BCUT2D eigenvalue weighted by Gasteiger charge is 2.21. The number of benzene rings is 2. The fourth-order valence-electron chi connectivity index (χ4n) is 3.00. The summed E-state index contributed by atoms with van der Waals surface area (Å²) in [4.78, 5) is 16.6. The summed E-state index contributed by atoms with van der Waals surface area (Å²) >= 11 is 0. The molecule has 1 aromatic heterocycles. The number of rotatable bonds is 6. The summed E-state index contributed by atoms with van der Waals surface area (Å²) < 4.78 is 14.3. The number of pyridine rings is 1. The minimum Gasteiger partial charge on any atom is -0.352 e. The van der Waals surface area contributed by atoms with Crippen molar-refractivity contribution >= 4 is 5.91 Å². The van der Waals surface area contributed by atoms with Gasteiger partial charge in [-0.05, 0) is 41.3 Å². The van der Waals surface area contributed by atoms with Crippen molar-refractivity contribution in [1.82, 2.24) is 10.3 Å². The molecule has 0 aliphatic carbocycles. The SMILES string of the molecule is Cc1cnccc1CNC(=O)C[C@@H](c1ccccc1)c1ccccc1F. The van der Waals surface area contributed by atoms with E-state index in [4.69, 9.17) is 0 Å². The summed E-state index contributed by atoms with van der Waals surface area (Å²) in [6.07, 6.45) is 3.67. The molecule has 0 saturated carbocycles. The van der Waals surface area contributed by atoms with Gasteiger partial charge in [-0.15, -0.1) is 0 Å². The Labute approximate surface area is 152 Å². The maximum absolute atomic E-state index is 14.3. The molecular formula is C22H21FN2O. The van der Waals surface area contributed by atoms with E-state index >= 15 is 0 Å². The number of hydrogen-bond donors (Lipinski definition) is 1. The van der Waals surface area contributed by atoms with Crippen LogP contribution in [0.3, 0.4) is 0 Å². The van der Waals surface area contributed by atoms with Gasteiger partial charge in [0, 0.05) is 31.3 Å². The third-order valence-electron chi connectivity index (χ3n) is 4.48. The van der Waals surface area contributed by atoms with Crippen LogP contribution in [-0.2, 0) is 11.3 Å². The maximum atomic E-state index is 14.3. The van der Waals surface area contributed by atoms with Crippen LogP contribution >= 0.6 is 0 Å². The largest absolute Gasteiger partial charge is 0.352 e. The first-order chi connectivity index (χ1) is 12.6. The molecule has 3 aromatic rings. The van der Waals surface area contributed by atoms with Gasteiger partial charge in [-0.2, -0.15) is 0 Å². The van der Waals surface area contributed by atoms with E-state index in [1.54, 1.807) is 30.6 Å². The molecule has 1 N–H and O–H groups in total. The highest BCUT2D eigenvalue weighted by atomic mass is 19.1. The van der Waals surface area contributed by atoms with Gasteiger partial charge in [0.05, 0.1) is 0 Å². The molecule has 0 saturated heterocycles. The van der Waals surface area contributed by atoms with Crippen LogP contribution in [0.4, 0.5) is 4.39 Å². The lowest BCUT2D eigenvalue weighted by atomic mass is 9.88. The van der Waals surface area contributed by atoms with Crippen LogP contribution in [0.25, 0.3) is 0 Å². The van der Waals surface area contributed by atoms with Crippen molar-refractivity contribution in [2.75, 3.05) is 0 Å². The van der Waals surface area contributed by atoms with E-state index < -0.39 is 0 Å². The molecule has 26 heavy (non-hydrogen) atoms. The average molecular weight is 348 g/mol. The Morgan fingerprint density at radius 3 is 2.54 bits per heavy atom. The highest BCUT2D eigenvalue weighted by molar-refractivity contribution is 5.77. The highest BCUT2D eigenvalue weighted by Crippen LogP contribution is 2.29. The minimum absolute atomic E-state index is 0.113. The van der Waals surface area contributed by atoms with Gasteiger partial charge in [-0.1, -0.05) is 48.5 Å². The monoisotopic (exact) mass is 348 g/mol. The van der Waals surface area contributed by atoms with Crippen LogP contribution in [-0.4, -0.2) is 10.9 Å². The number of carbonyl (C=O) groups excluding carboxylic acids is 1. The standard InChI is InChI=1S/C22H21FN2O/c1-16-14-24-12-11-18(16)15-25-22(26)13-20(17-7-3-2-4-8-17)19-9-5-6-10-21(19)23/h2-12,14,20H,13,15H2,1H3,(H,25,26)/t20-/m0/s1. The van der Waals surface area contributed by atoms with Crippen LogP contribution in [0, 0.1) is 12.7 Å². The molecule has 1 amide bonds. The van der Waals surface area contributed by atoms with Crippen molar-refractivity contribution in [2.45, 2.75) is 25.8 Å². The second-order valence-corrected chi connectivity index (χ2v) is 6.27. The molecule has 1 atom stereocenters. The summed E-state index contributed by atoms with van der Waals surface area (Å²) in [6.45, 7) is 2.40. The van der Waals surface area contributed by atoms with Crippen molar-refractivity contribution in [1.29, 1.82) is 0 Å². The van der Waals surface area contributed by atoms with Crippen LogP contribution < -0.4 is 5.32 Å². The molecule has 4 heteroatoms. The zero-order valence-electron chi connectivity index (χ0n) is 14.7. The Morgan fingerprint density at radius 2 is 1.81 bits per heavy atom. The predicted octanol–water partition coefficient (Wildman–Crippen LogP) is 4.37. The van der Waals surface area contributed by atoms with Gasteiger partial charge in [0.25, 0.3) is 0 Å². The van der Waals surface area contributed by atoms with Crippen LogP contribution in [0.2, 0.25) is 0 Å². The van der Waals surface area contributed by atoms with E-state index in [2.05, 4.69) is 10.3 Å². The summed E-state index contributed by atoms with van der Waals surface area (Å²) in [5, 5.41) is 2.94. The fraction of sp³-hybridized carbons (Fsp3) is 0.182. The lowest BCUT2D eigenvalue weighted by Gasteiger charge is -2.18. The molecule has 132 valence electrons. The zero-order valence-corrected chi connectivity index (χ0v) is 14.7. The zero-order chi connectivity index (χ0) is 18.4. The average Bonchev–Trinajstić information content (AvgIpc) is 2.67. The molecule has 0 aliphatic heterocycles. The Morgan fingerprint density at radius 1 is 1.08 bits per heavy atom. The maximum Gasteiger partial charge on any atom is 0.221 e. The number of amides is 1. The van der Waals surface area contributed by atoms with E-state index in [0.717, 1.165) is 16.7 Å². The van der Waals surface area contributed by atoms with Crippen LogP contribution in [0.1, 0.15) is 34.6 Å². The molecule has 3 nitrogen and oxygen atoms in total. The first-order valence-electron chi connectivity index (χ1n) is 8.60. The molecule has 1 heterocycles. The Kier molecular flexibility index (Phi) is 5.74. The first kappa shape index (κ1) is 17.8. The van der Waals surface area contributed by atoms with Crippen LogP contribution in [0.5, 0.6) is 0 Å². The van der Waals surface area contributed by atoms with Gasteiger partial charge in [-0.25, -0.2) is 4.39 Å². The lowest BCUT2D eigenvalue weighted by molar-refractivity contribution is -0.121. The second kappa shape index (κ2) is 8.39. The normalized spacial score (nSPS) is 11.8. The summed E-state index contributed by atoms with van der Waals surface area (Å²) in [5.74, 6) is -0.728. The minimum atomic E-state index is -0.323. The molecule has 0 aliphatic rings. The molecule has 3 rings (SSSR count). The van der Waals surface area contributed by atoms with Crippen molar-refractivity contribution in [2.24, 2.45) is 0 Å². The van der Waals surface area contributed by atoms with Gasteiger partial charge >= 0.3 is 0 Å². The number of aromatic nitrogens is 1. The molecule has 0 bridgehead atoms. The van der Waals surface area contributed by atoms with E-state index in [1.165, 1.54) is 6.07 Å². The fourth-order valence-corrected chi connectivity index (χ4v) is 3.00. The van der Waals surface area contributed by atoms with E-state index in [9.17, 15) is 9.18 Å². The number of nitrogens with zero attached hydrogens (tertiary/aromatic N) is 1. The lowest BCUT2D eigenvalue weighted by Crippen LogP contribution is -2.25. The number of carbonyl (C=O) groups is 1. The van der Waals surface area contributed by atoms with Crippen molar-refractivity contribution in [3.63, 3.8) is 0 Å². The topological polar surface area (TPSA) is 42.0 Å². The Bertz CT molecular complexity index is 880. The number of nitrogens with one attached hydrogen (secondary N) is 1. The molecule has 0 fully saturated rings. The van der Waals surface area contributed by atoms with Gasteiger partial charge in [0.15, 0.2) is 0 Å². The van der Waals surface area contributed by atoms with Crippen molar-refractivity contribution in [3.05, 3.63) is 101 Å². The van der Waals surface area contributed by atoms with Gasteiger partial charge in [0.2, 0.25) is 5.91 Å². The number of hydrogen-bond acceptors (Lipinski definition) is 2. The Hall–Kier alpha value is -3.01. The summed E-state index contributed by atoms with van der Waals surface area (Å²) in [5.41, 5.74) is 3.51. The number of halogens is 1. The van der Waals surface area contributed by atoms with Gasteiger partial charge in [0.1, 0.15) is 5.82 Å². The van der Waals surface area contributed by atoms with E-state index in [-0.39, 0.29) is 24.1 Å². The third-order valence-corrected chi connectivity index (χ3v) is 4.48. The molecule has 0 radical (unpaired) electrons. The molecular weight excluding hydrogens is 327 g/mol. The molecule has 0 unspecified atom stereocenters. The third kappa shape index (κ3) is 4.33. The number of aryl methyl sites for hydroxylation is 1. The quantitative estimate of drug-likeness (QED) is 0.719. The van der Waals surface area contributed by atoms with Gasteiger partial charge in [-0.3, -0.25) is 9.78 Å². The van der Waals surface area contributed by atoms with Crippen LogP contribution in [0.15, 0.2) is 73.1 Å². The molecule has 0 spiro atoms. The van der Waals surface area contributed by atoms with Crippen molar-refractivity contribution < 1.29 is 9.18 Å². The second-order valence-electron chi connectivity index (χ2n) is 6.27. The molecule has 2 aromatic carbocycles. The summed E-state index contributed by atoms with van der Waals surface area (Å²) in [6, 6.07) is 18.1. The van der Waals surface area contributed by atoms with E-state index in [0.29, 0.717) is 12.1 Å². The smallest absolute Gasteiger partial charge is 0.221 e. The van der Waals surface area contributed by atoms with Crippen molar-refractivity contribution in [3.8, 4) is 0 Å².